The summed E-state index contributed by atoms with van der Waals surface area (Å²) in [7, 11) is -2.38. The number of carbonyl (C=O) groups is 2. The molecule has 0 spiro atoms. The molecule has 3 aromatic carbocycles. The van der Waals surface area contributed by atoms with Gasteiger partial charge in [-0.1, -0.05) is 12.1 Å². The van der Waals surface area contributed by atoms with Crippen LogP contribution in [0.15, 0.2) is 73.1 Å². The average Bonchev–Trinajstić information content (AvgIpc) is 3.37. The Bertz CT molecular complexity index is 2220. The van der Waals surface area contributed by atoms with Crippen LogP contribution in [0.25, 0.3) is 21.2 Å². The van der Waals surface area contributed by atoms with Gasteiger partial charge in [0.25, 0.3) is 11.8 Å². The van der Waals surface area contributed by atoms with Crippen LogP contribution in [0.4, 0.5) is 47.8 Å². The van der Waals surface area contributed by atoms with E-state index in [1.165, 1.54) is 37.7 Å². The molecule has 0 aliphatic heterocycles. The summed E-state index contributed by atoms with van der Waals surface area (Å²) in [6.07, 6.45) is -6.26. The minimum atomic E-state index is -5.09. The van der Waals surface area contributed by atoms with E-state index in [9.17, 15) is 48.7 Å². The summed E-state index contributed by atoms with van der Waals surface area (Å²) in [5, 5.41) is 4.71. The number of nitrogens with zero attached hydrogens (tertiary/aromatic N) is 1. The van der Waals surface area contributed by atoms with Crippen molar-refractivity contribution in [1.29, 1.82) is 0 Å². The molecule has 3 N–H and O–H groups in total. The number of halogens is 7. The highest BCUT2D eigenvalue weighted by molar-refractivity contribution is 7.92. The van der Waals surface area contributed by atoms with Gasteiger partial charge in [0.1, 0.15) is 16.4 Å². The van der Waals surface area contributed by atoms with Crippen LogP contribution in [0, 0.1) is 5.82 Å². The second kappa shape index (κ2) is 13.0. The summed E-state index contributed by atoms with van der Waals surface area (Å²) >= 11 is 0.529. The highest BCUT2D eigenvalue weighted by Crippen LogP contribution is 2.41. The molecule has 0 bridgehead atoms. The number of carbonyl (C=O) groups excluding carboxylic acids is 2. The number of methoxy groups -OCH3 is 1. The zero-order chi connectivity index (χ0) is 35.9. The molecule has 0 unspecified atom stereocenters. The number of amides is 2. The highest BCUT2D eigenvalue weighted by Gasteiger charge is 2.35. The van der Waals surface area contributed by atoms with E-state index >= 15 is 0 Å². The molecule has 0 fully saturated rings. The lowest BCUT2D eigenvalue weighted by molar-refractivity contribution is -0.140. The lowest BCUT2D eigenvalue weighted by Crippen LogP contribution is -2.18. The predicted molar refractivity (Wildman–Crippen MR) is 169 cm³/mol. The van der Waals surface area contributed by atoms with Gasteiger partial charge in [-0.05, 0) is 54.1 Å². The summed E-state index contributed by atoms with van der Waals surface area (Å²) in [4.78, 5) is 30.8. The first-order valence-corrected chi connectivity index (χ1v) is 16.3. The summed E-state index contributed by atoms with van der Waals surface area (Å²) in [5.74, 6) is -3.56. The van der Waals surface area contributed by atoms with Crippen molar-refractivity contribution in [3.8, 4) is 16.9 Å². The van der Waals surface area contributed by atoms with E-state index in [2.05, 4.69) is 20.3 Å². The van der Waals surface area contributed by atoms with E-state index in [1.54, 1.807) is 6.07 Å². The van der Waals surface area contributed by atoms with E-state index in [0.717, 1.165) is 30.5 Å². The van der Waals surface area contributed by atoms with E-state index in [4.69, 9.17) is 4.74 Å². The Hall–Kier alpha value is -5.23. The molecule has 0 atom stereocenters. The van der Waals surface area contributed by atoms with Crippen LogP contribution < -0.4 is 20.1 Å². The molecule has 2 aromatic heterocycles. The van der Waals surface area contributed by atoms with Crippen LogP contribution in [-0.4, -0.2) is 38.6 Å². The van der Waals surface area contributed by atoms with Gasteiger partial charge in [0, 0.05) is 27.5 Å². The van der Waals surface area contributed by atoms with Gasteiger partial charge in [-0.3, -0.25) is 19.3 Å². The minimum Gasteiger partial charge on any atom is -0.496 e. The van der Waals surface area contributed by atoms with Gasteiger partial charge in [-0.2, -0.15) is 26.3 Å². The van der Waals surface area contributed by atoms with Crippen LogP contribution >= 0.6 is 11.3 Å². The Labute approximate surface area is 276 Å². The molecule has 2 amide bonds. The molecule has 0 radical (unpaired) electrons. The second-order valence-electron chi connectivity index (χ2n) is 10.4. The zero-order valence-electron chi connectivity index (χ0n) is 24.9. The van der Waals surface area contributed by atoms with Crippen LogP contribution in [0.1, 0.15) is 31.2 Å². The highest BCUT2D eigenvalue weighted by atomic mass is 32.2. The molecule has 0 aliphatic carbocycles. The van der Waals surface area contributed by atoms with Gasteiger partial charge < -0.3 is 15.4 Å². The minimum absolute atomic E-state index is 0.00505. The SMILES string of the molecule is COc1ccc(-c2cncc(NS(C)(=O)=O)c2)cc1C(=O)Nc1c(C(=O)Nc2ccc(F)c(C(F)(F)F)c2)sc2cc(C(F)(F)F)ccc12. The van der Waals surface area contributed by atoms with E-state index < -0.39 is 56.8 Å². The zero-order valence-corrected chi connectivity index (χ0v) is 26.5. The van der Waals surface area contributed by atoms with Gasteiger partial charge in [0.15, 0.2) is 0 Å². The van der Waals surface area contributed by atoms with Crippen LogP contribution in [0.5, 0.6) is 5.75 Å². The molecule has 5 aromatic rings. The normalized spacial score (nSPS) is 12.1. The van der Waals surface area contributed by atoms with Gasteiger partial charge in [0.05, 0.1) is 47.6 Å². The molecule has 49 heavy (non-hydrogen) atoms. The fourth-order valence-electron chi connectivity index (χ4n) is 4.68. The first-order valence-electron chi connectivity index (χ1n) is 13.6. The smallest absolute Gasteiger partial charge is 0.419 e. The molecule has 2 heterocycles. The first-order chi connectivity index (χ1) is 22.8. The monoisotopic (exact) mass is 726 g/mol. The third-order valence-corrected chi connectivity index (χ3v) is 8.57. The standard InChI is InChI=1S/C31H21F7N4O5S2/c1-47-24-8-3-15(16-9-19(14-39-13-16)42-49(2,45)46)10-21(24)28(43)41-26-20-6-4-17(30(33,34)35)11-25(20)48-27(26)29(44)40-18-5-7-23(32)22(12-18)31(36,37)38/h3-14,42H,1-2H3,(H,40,44)(H,41,43). The number of hydrogen-bond donors (Lipinski definition) is 3. The van der Waals surface area contributed by atoms with Gasteiger partial charge >= 0.3 is 12.4 Å². The number of sulfonamides is 1. The number of nitrogens with one attached hydrogen (secondary N) is 3. The van der Waals surface area contributed by atoms with Crippen LogP contribution in [0.2, 0.25) is 0 Å². The molecule has 9 nitrogen and oxygen atoms in total. The number of anilines is 3. The molecule has 5 rings (SSSR count). The Morgan fingerprint density at radius 3 is 2.20 bits per heavy atom. The number of benzene rings is 3. The number of hydrogen-bond acceptors (Lipinski definition) is 7. The summed E-state index contributed by atoms with van der Waals surface area (Å²) < 4.78 is 125. The molecular weight excluding hydrogens is 705 g/mol. The molecule has 18 heteroatoms. The van der Waals surface area contributed by atoms with Crippen molar-refractivity contribution in [1.82, 2.24) is 4.98 Å². The molecule has 0 saturated heterocycles. The third kappa shape index (κ3) is 7.92. The van der Waals surface area contributed by atoms with Crippen LogP contribution in [-0.2, 0) is 22.4 Å². The number of fused-ring (bicyclic) bond motifs is 1. The van der Waals surface area contributed by atoms with E-state index in [1.807, 2.05) is 0 Å². The fraction of sp³-hybridized carbons (Fsp3) is 0.129. The van der Waals surface area contributed by atoms with Crippen molar-refractivity contribution in [2.45, 2.75) is 12.4 Å². The lowest BCUT2D eigenvalue weighted by atomic mass is 10.0. The lowest BCUT2D eigenvalue weighted by Gasteiger charge is -2.14. The van der Waals surface area contributed by atoms with Gasteiger partial charge in [0.2, 0.25) is 10.0 Å². The average molecular weight is 727 g/mol. The maximum atomic E-state index is 13.8. The molecule has 256 valence electrons. The van der Waals surface area contributed by atoms with Crippen molar-refractivity contribution < 1.29 is 53.5 Å². The Kier molecular flexibility index (Phi) is 9.31. The van der Waals surface area contributed by atoms with Crippen molar-refractivity contribution in [3.05, 3.63) is 100 Å². The second-order valence-corrected chi connectivity index (χ2v) is 13.2. The van der Waals surface area contributed by atoms with Crippen molar-refractivity contribution in [3.63, 3.8) is 0 Å². The van der Waals surface area contributed by atoms with Gasteiger partial charge in [-0.25, -0.2) is 12.8 Å². The quantitative estimate of drug-likeness (QED) is 0.139. The number of alkyl halides is 6. The summed E-state index contributed by atoms with van der Waals surface area (Å²) in [6.45, 7) is 0. The predicted octanol–water partition coefficient (Wildman–Crippen LogP) is 8.02. The van der Waals surface area contributed by atoms with E-state index in [-0.39, 0.29) is 37.7 Å². The Balaban J connectivity index is 1.56. The molecular formula is C31H21F7N4O5S2. The number of thiophene rings is 1. The summed E-state index contributed by atoms with van der Waals surface area (Å²) in [6, 6.07) is 9.99. The van der Waals surface area contributed by atoms with Crippen molar-refractivity contribution in [2.75, 3.05) is 28.7 Å². The number of rotatable bonds is 8. The maximum Gasteiger partial charge on any atom is 0.419 e. The van der Waals surface area contributed by atoms with Crippen molar-refractivity contribution in [2.24, 2.45) is 0 Å². The van der Waals surface area contributed by atoms with Gasteiger partial charge in [-0.15, -0.1) is 11.3 Å². The number of aromatic nitrogens is 1. The number of pyridine rings is 1. The van der Waals surface area contributed by atoms with Crippen LogP contribution in [0.3, 0.4) is 0 Å². The Morgan fingerprint density at radius 1 is 0.816 bits per heavy atom. The first kappa shape index (κ1) is 35.1. The maximum absolute atomic E-state index is 13.8. The fourth-order valence-corrected chi connectivity index (χ4v) is 6.31. The summed E-state index contributed by atoms with van der Waals surface area (Å²) in [5.41, 5.74) is -2.70. The largest absolute Gasteiger partial charge is 0.496 e. The third-order valence-electron chi connectivity index (χ3n) is 6.81. The number of ether oxygens (including phenoxy) is 1. The molecule has 0 aliphatic rings. The van der Waals surface area contributed by atoms with Crippen molar-refractivity contribution >= 4 is 60.3 Å². The Morgan fingerprint density at radius 2 is 1.55 bits per heavy atom. The topological polar surface area (TPSA) is 126 Å². The van der Waals surface area contributed by atoms with E-state index in [0.29, 0.717) is 34.6 Å². The molecule has 0 saturated carbocycles.